The van der Waals surface area contributed by atoms with Gasteiger partial charge in [-0.15, -0.1) is 0 Å². The van der Waals surface area contributed by atoms with Gasteiger partial charge in [-0.2, -0.15) is 5.26 Å². The quantitative estimate of drug-likeness (QED) is 0.605. The normalized spacial score (nSPS) is 18.5. The van der Waals surface area contributed by atoms with Crippen LogP contribution in [0.4, 0.5) is 11.4 Å². The summed E-state index contributed by atoms with van der Waals surface area (Å²) >= 11 is 5.10. The molecule has 2 aromatic rings. The number of benzene rings is 2. The van der Waals surface area contributed by atoms with Crippen LogP contribution in [0.2, 0.25) is 0 Å². The third-order valence-corrected chi connectivity index (χ3v) is 6.04. The van der Waals surface area contributed by atoms with E-state index in [0.717, 1.165) is 60.2 Å². The third-order valence-electron chi connectivity index (χ3n) is 5.77. The van der Waals surface area contributed by atoms with Crippen LogP contribution in [-0.2, 0) is 0 Å². The summed E-state index contributed by atoms with van der Waals surface area (Å²) in [6, 6.07) is 13.6. The standard InChI is InChI=1S/C24H28N8S/c1-16-12-19(15-33)13-17(2)21(16)27-23-28-22(26-20-6-4-18(14-25)5-7-20)29-24(30-23)32-10-8-31(3)9-11-32/h4-7,12-13,15,23,27H,8-11H2,1-3H3,(H2,26,28,29,30). The van der Waals surface area contributed by atoms with E-state index in [2.05, 4.69) is 64.8 Å². The first kappa shape index (κ1) is 22.7. The smallest absolute Gasteiger partial charge is 0.221 e. The molecule has 2 aliphatic heterocycles. The minimum atomic E-state index is -0.488. The second-order valence-electron chi connectivity index (χ2n) is 8.33. The maximum absolute atomic E-state index is 9.05. The van der Waals surface area contributed by atoms with Gasteiger partial charge in [-0.1, -0.05) is 12.2 Å². The van der Waals surface area contributed by atoms with E-state index in [4.69, 9.17) is 27.5 Å². The zero-order valence-corrected chi connectivity index (χ0v) is 19.9. The van der Waals surface area contributed by atoms with Gasteiger partial charge in [0.05, 0.1) is 11.6 Å². The molecule has 8 nitrogen and oxygen atoms in total. The van der Waals surface area contributed by atoms with Crippen molar-refractivity contribution in [2.75, 3.05) is 43.9 Å². The summed E-state index contributed by atoms with van der Waals surface area (Å²) < 4.78 is 0. The summed E-state index contributed by atoms with van der Waals surface area (Å²) in [6.07, 6.45) is -0.488. The van der Waals surface area contributed by atoms with Crippen LogP contribution in [0.1, 0.15) is 22.3 Å². The number of nitriles is 1. The summed E-state index contributed by atoms with van der Waals surface area (Å²) in [5.74, 6) is 1.39. The van der Waals surface area contributed by atoms with Gasteiger partial charge < -0.3 is 20.4 Å². The topological polar surface area (TPSA) is 91.1 Å². The highest BCUT2D eigenvalue weighted by Crippen LogP contribution is 2.24. The molecular formula is C24H28N8S. The minimum Gasteiger partial charge on any atom is -0.345 e. The van der Waals surface area contributed by atoms with Crippen molar-refractivity contribution in [2.45, 2.75) is 20.1 Å². The summed E-state index contributed by atoms with van der Waals surface area (Å²) in [4.78, 5) is 14.2. The summed E-state index contributed by atoms with van der Waals surface area (Å²) in [7, 11) is 2.13. The monoisotopic (exact) mass is 460 g/mol. The number of nitrogens with zero attached hydrogens (tertiary/aromatic N) is 5. The van der Waals surface area contributed by atoms with E-state index < -0.39 is 6.29 Å². The number of nitrogens with one attached hydrogen (secondary N) is 3. The molecule has 0 aliphatic carbocycles. The first-order valence-corrected chi connectivity index (χ1v) is 11.4. The van der Waals surface area contributed by atoms with Gasteiger partial charge in [-0.3, -0.25) is 5.32 Å². The number of aliphatic imine (C=N–C) groups is 2. The van der Waals surface area contributed by atoms with Gasteiger partial charge in [0.15, 0.2) is 0 Å². The Morgan fingerprint density at radius 3 is 2.36 bits per heavy atom. The number of aryl methyl sites for hydroxylation is 2. The molecule has 0 bridgehead atoms. The fraction of sp³-hybridized carbons (Fsp3) is 0.333. The lowest BCUT2D eigenvalue weighted by Crippen LogP contribution is -2.55. The lowest BCUT2D eigenvalue weighted by molar-refractivity contribution is 0.212. The molecule has 0 aromatic heterocycles. The molecule has 0 amide bonds. The molecule has 0 spiro atoms. The first-order chi connectivity index (χ1) is 15.9. The molecule has 4 rings (SSSR count). The average Bonchev–Trinajstić information content (AvgIpc) is 2.82. The lowest BCUT2D eigenvalue weighted by Gasteiger charge is -2.36. The Bertz CT molecular complexity index is 1100. The lowest BCUT2D eigenvalue weighted by atomic mass is 10.1. The van der Waals surface area contributed by atoms with Crippen LogP contribution in [0.5, 0.6) is 0 Å². The second kappa shape index (κ2) is 9.98. The zero-order valence-electron chi connectivity index (χ0n) is 19.1. The average molecular weight is 461 g/mol. The van der Waals surface area contributed by atoms with Gasteiger partial charge >= 0.3 is 0 Å². The highest BCUT2D eigenvalue weighted by atomic mass is 32.1. The van der Waals surface area contributed by atoms with Crippen molar-refractivity contribution in [1.82, 2.24) is 15.1 Å². The van der Waals surface area contributed by atoms with E-state index in [1.54, 1.807) is 17.5 Å². The van der Waals surface area contributed by atoms with Crippen LogP contribution in [0, 0.1) is 25.2 Å². The molecular weight excluding hydrogens is 432 g/mol. The molecule has 1 fully saturated rings. The number of hydrogen-bond donors (Lipinski definition) is 3. The summed E-state index contributed by atoms with van der Waals surface area (Å²) in [5, 5.41) is 20.9. The van der Waals surface area contributed by atoms with Gasteiger partial charge in [-0.05, 0) is 74.0 Å². The van der Waals surface area contributed by atoms with Crippen molar-refractivity contribution in [3.63, 3.8) is 0 Å². The fourth-order valence-corrected chi connectivity index (χ4v) is 4.07. The van der Waals surface area contributed by atoms with E-state index >= 15 is 0 Å². The Morgan fingerprint density at radius 1 is 1.09 bits per heavy atom. The first-order valence-electron chi connectivity index (χ1n) is 10.9. The van der Waals surface area contributed by atoms with E-state index in [0.29, 0.717) is 11.5 Å². The molecule has 1 atom stereocenters. The molecule has 33 heavy (non-hydrogen) atoms. The fourth-order valence-electron chi connectivity index (χ4n) is 3.93. The second-order valence-corrected chi connectivity index (χ2v) is 8.56. The number of hydrogen-bond acceptors (Lipinski definition) is 9. The Morgan fingerprint density at radius 2 is 1.76 bits per heavy atom. The Kier molecular flexibility index (Phi) is 6.87. The molecule has 1 saturated heterocycles. The molecule has 2 heterocycles. The molecule has 0 radical (unpaired) electrons. The number of rotatable bonds is 4. The molecule has 1 unspecified atom stereocenters. The molecule has 0 saturated carbocycles. The number of likely N-dealkylation sites (N-methyl/N-ethyl adjacent to an activating group) is 1. The van der Waals surface area contributed by atoms with Crippen molar-refractivity contribution < 1.29 is 0 Å². The number of thiocarbonyl (C=S) groups is 1. The van der Waals surface area contributed by atoms with E-state index in [1.807, 2.05) is 12.1 Å². The predicted molar refractivity (Wildman–Crippen MR) is 138 cm³/mol. The van der Waals surface area contributed by atoms with Crippen molar-refractivity contribution in [1.29, 1.82) is 5.26 Å². The van der Waals surface area contributed by atoms with Crippen LogP contribution < -0.4 is 16.0 Å². The van der Waals surface area contributed by atoms with E-state index in [9.17, 15) is 0 Å². The van der Waals surface area contributed by atoms with Crippen LogP contribution >= 0.6 is 12.2 Å². The molecule has 9 heteroatoms. The molecule has 170 valence electrons. The summed E-state index contributed by atoms with van der Waals surface area (Å²) in [5.41, 5.74) is 5.67. The third kappa shape index (κ3) is 5.48. The maximum Gasteiger partial charge on any atom is 0.221 e. The van der Waals surface area contributed by atoms with E-state index in [1.165, 1.54) is 0 Å². The number of piperazine rings is 1. The number of guanidine groups is 2. The van der Waals surface area contributed by atoms with Gasteiger partial charge in [0, 0.05) is 42.9 Å². The Labute approximate surface area is 200 Å². The highest BCUT2D eigenvalue weighted by molar-refractivity contribution is 7.79. The van der Waals surface area contributed by atoms with E-state index in [-0.39, 0.29) is 0 Å². The largest absolute Gasteiger partial charge is 0.345 e. The maximum atomic E-state index is 9.05. The highest BCUT2D eigenvalue weighted by Gasteiger charge is 2.24. The predicted octanol–water partition coefficient (Wildman–Crippen LogP) is 2.89. The van der Waals surface area contributed by atoms with Gasteiger partial charge in [-0.25, -0.2) is 9.98 Å². The van der Waals surface area contributed by atoms with Crippen LogP contribution in [0.15, 0.2) is 46.4 Å². The van der Waals surface area contributed by atoms with Crippen LogP contribution in [-0.4, -0.2) is 66.6 Å². The Balaban J connectivity index is 1.60. The number of anilines is 2. The van der Waals surface area contributed by atoms with Gasteiger partial charge in [0.2, 0.25) is 18.2 Å². The molecule has 3 N–H and O–H groups in total. The Hall–Kier alpha value is -3.48. The minimum absolute atomic E-state index is 0.488. The van der Waals surface area contributed by atoms with Gasteiger partial charge in [0.1, 0.15) is 0 Å². The SMILES string of the molecule is Cc1cc(C=S)cc(C)c1NC1N=C(Nc2ccc(C#N)cc2)NC(N2CCN(C)CC2)=N1. The molecule has 2 aliphatic rings. The van der Waals surface area contributed by atoms with Crippen molar-refractivity contribution >= 4 is 40.9 Å². The van der Waals surface area contributed by atoms with Crippen molar-refractivity contribution in [3.8, 4) is 6.07 Å². The van der Waals surface area contributed by atoms with Crippen molar-refractivity contribution in [3.05, 3.63) is 58.7 Å². The molecule has 2 aromatic carbocycles. The van der Waals surface area contributed by atoms with Crippen LogP contribution in [0.3, 0.4) is 0 Å². The van der Waals surface area contributed by atoms with Crippen LogP contribution in [0.25, 0.3) is 0 Å². The summed E-state index contributed by atoms with van der Waals surface area (Å²) in [6.45, 7) is 7.85. The van der Waals surface area contributed by atoms with Gasteiger partial charge in [0.25, 0.3) is 0 Å². The van der Waals surface area contributed by atoms with Crippen molar-refractivity contribution in [2.24, 2.45) is 9.98 Å². The zero-order chi connectivity index (χ0) is 23.4.